The molecular formula is C23H32N8O. The van der Waals surface area contributed by atoms with Gasteiger partial charge in [-0.05, 0) is 45.4 Å². The third-order valence-electron chi connectivity index (χ3n) is 6.53. The molecule has 2 aliphatic rings. The van der Waals surface area contributed by atoms with Crippen LogP contribution in [0.5, 0.6) is 0 Å². The Bertz CT molecular complexity index is 1070. The molecule has 32 heavy (non-hydrogen) atoms. The second-order valence-electron chi connectivity index (χ2n) is 9.15. The topological polar surface area (TPSA) is 95.2 Å². The summed E-state index contributed by atoms with van der Waals surface area (Å²) in [6.45, 7) is 8.37. The van der Waals surface area contributed by atoms with Gasteiger partial charge in [-0.2, -0.15) is 15.1 Å². The molecule has 0 atom stereocenters. The number of nitrogens with zero attached hydrogens (tertiary/aromatic N) is 7. The van der Waals surface area contributed by atoms with Crippen LogP contribution in [-0.2, 0) is 0 Å². The molecule has 3 aromatic rings. The van der Waals surface area contributed by atoms with Gasteiger partial charge in [0, 0.05) is 62.5 Å². The second-order valence-corrected chi connectivity index (χ2v) is 9.15. The average molecular weight is 437 g/mol. The predicted octanol–water partition coefficient (Wildman–Crippen LogP) is 3.35. The van der Waals surface area contributed by atoms with Crippen LogP contribution in [0.4, 0.5) is 23.4 Å². The van der Waals surface area contributed by atoms with E-state index in [0.717, 1.165) is 61.6 Å². The lowest BCUT2D eigenvalue weighted by Gasteiger charge is -2.32. The number of piperidine rings is 1. The minimum atomic E-state index is 0.268. The third kappa shape index (κ3) is 4.21. The van der Waals surface area contributed by atoms with Crippen LogP contribution in [0, 0.1) is 5.92 Å². The van der Waals surface area contributed by atoms with E-state index in [9.17, 15) is 5.11 Å². The molecule has 5 heterocycles. The van der Waals surface area contributed by atoms with E-state index in [0.29, 0.717) is 17.7 Å². The summed E-state index contributed by atoms with van der Waals surface area (Å²) in [5.74, 6) is 3.58. The first-order valence-electron chi connectivity index (χ1n) is 11.7. The van der Waals surface area contributed by atoms with Gasteiger partial charge in [0.05, 0.1) is 11.7 Å². The first-order chi connectivity index (χ1) is 15.6. The van der Waals surface area contributed by atoms with Crippen molar-refractivity contribution in [3.63, 3.8) is 0 Å². The number of hydrogen-bond donors (Lipinski definition) is 2. The Hall–Kier alpha value is -2.94. The summed E-state index contributed by atoms with van der Waals surface area (Å²) in [6.07, 6.45) is 8.06. The zero-order chi connectivity index (χ0) is 22.1. The molecule has 0 bridgehead atoms. The molecule has 2 fully saturated rings. The Morgan fingerprint density at radius 3 is 2.34 bits per heavy atom. The predicted molar refractivity (Wildman–Crippen MR) is 127 cm³/mol. The molecule has 9 nitrogen and oxygen atoms in total. The zero-order valence-electron chi connectivity index (χ0n) is 18.9. The van der Waals surface area contributed by atoms with E-state index in [-0.39, 0.29) is 12.6 Å². The van der Waals surface area contributed by atoms with Crippen LogP contribution in [0.25, 0.3) is 10.9 Å². The fourth-order valence-corrected chi connectivity index (χ4v) is 4.63. The minimum absolute atomic E-state index is 0.268. The van der Waals surface area contributed by atoms with E-state index in [1.807, 2.05) is 23.1 Å². The van der Waals surface area contributed by atoms with Gasteiger partial charge >= 0.3 is 0 Å². The lowest BCUT2D eigenvalue weighted by molar-refractivity contribution is 0.203. The third-order valence-corrected chi connectivity index (χ3v) is 6.53. The van der Waals surface area contributed by atoms with Crippen molar-refractivity contribution < 1.29 is 5.11 Å². The monoisotopic (exact) mass is 436 g/mol. The van der Waals surface area contributed by atoms with Gasteiger partial charge in [-0.25, -0.2) is 4.98 Å². The van der Waals surface area contributed by atoms with Gasteiger partial charge in [0.15, 0.2) is 0 Å². The molecule has 0 aromatic carbocycles. The zero-order valence-corrected chi connectivity index (χ0v) is 18.9. The quantitative estimate of drug-likeness (QED) is 0.607. The summed E-state index contributed by atoms with van der Waals surface area (Å²) in [5, 5.41) is 18.3. The van der Waals surface area contributed by atoms with Crippen LogP contribution >= 0.6 is 0 Å². The molecule has 0 aliphatic carbocycles. The van der Waals surface area contributed by atoms with Gasteiger partial charge < -0.3 is 20.2 Å². The number of aromatic nitrogens is 5. The molecule has 3 aromatic heterocycles. The number of aliphatic hydroxyl groups is 1. The average Bonchev–Trinajstić information content (AvgIpc) is 3.49. The molecule has 9 heteroatoms. The van der Waals surface area contributed by atoms with E-state index in [1.54, 1.807) is 0 Å². The van der Waals surface area contributed by atoms with E-state index >= 15 is 0 Å². The highest BCUT2D eigenvalue weighted by molar-refractivity contribution is 5.81. The van der Waals surface area contributed by atoms with Gasteiger partial charge in [-0.15, -0.1) is 0 Å². The van der Waals surface area contributed by atoms with Gasteiger partial charge in [0.25, 0.3) is 0 Å². The summed E-state index contributed by atoms with van der Waals surface area (Å²) in [6, 6.07) is 4.40. The van der Waals surface area contributed by atoms with Gasteiger partial charge in [0.1, 0.15) is 17.5 Å². The molecule has 0 saturated carbocycles. The summed E-state index contributed by atoms with van der Waals surface area (Å²) >= 11 is 0. The molecule has 0 unspecified atom stereocenters. The van der Waals surface area contributed by atoms with Crippen LogP contribution in [0.2, 0.25) is 0 Å². The molecule has 0 spiro atoms. The van der Waals surface area contributed by atoms with Crippen LogP contribution in [0.1, 0.15) is 45.6 Å². The van der Waals surface area contributed by atoms with Crippen LogP contribution in [-0.4, -0.2) is 62.6 Å². The highest BCUT2D eigenvalue weighted by atomic mass is 16.3. The Balaban J connectivity index is 1.45. The Morgan fingerprint density at radius 2 is 1.69 bits per heavy atom. The largest absolute Gasteiger partial charge is 0.396 e. The van der Waals surface area contributed by atoms with Crippen molar-refractivity contribution in [3.8, 4) is 0 Å². The van der Waals surface area contributed by atoms with Crippen LogP contribution < -0.4 is 15.1 Å². The number of rotatable bonds is 6. The Kier molecular flexibility index (Phi) is 5.82. The van der Waals surface area contributed by atoms with Crippen molar-refractivity contribution in [2.45, 2.75) is 45.6 Å². The van der Waals surface area contributed by atoms with E-state index in [2.05, 4.69) is 45.1 Å². The lowest BCUT2D eigenvalue weighted by atomic mass is 9.98. The maximum Gasteiger partial charge on any atom is 0.232 e. The minimum Gasteiger partial charge on any atom is -0.396 e. The van der Waals surface area contributed by atoms with E-state index < -0.39 is 0 Å². The maximum atomic E-state index is 9.48. The van der Waals surface area contributed by atoms with Gasteiger partial charge in [0.2, 0.25) is 5.95 Å². The number of fused-ring (bicyclic) bond motifs is 1. The van der Waals surface area contributed by atoms with Crippen molar-refractivity contribution in [1.82, 2.24) is 24.7 Å². The fraction of sp³-hybridized carbons (Fsp3) is 0.565. The van der Waals surface area contributed by atoms with E-state index in [1.165, 1.54) is 12.8 Å². The normalized spacial score (nSPS) is 17.6. The van der Waals surface area contributed by atoms with Crippen molar-refractivity contribution in [2.24, 2.45) is 5.92 Å². The van der Waals surface area contributed by atoms with Gasteiger partial charge in [-0.3, -0.25) is 4.68 Å². The Labute approximate surface area is 188 Å². The van der Waals surface area contributed by atoms with Crippen molar-refractivity contribution in [3.05, 3.63) is 24.5 Å². The Morgan fingerprint density at radius 1 is 1.00 bits per heavy atom. The summed E-state index contributed by atoms with van der Waals surface area (Å²) in [4.78, 5) is 18.9. The molecule has 170 valence electrons. The van der Waals surface area contributed by atoms with Crippen molar-refractivity contribution >= 4 is 34.3 Å². The smallest absolute Gasteiger partial charge is 0.232 e. The summed E-state index contributed by atoms with van der Waals surface area (Å²) < 4.78 is 2.00. The summed E-state index contributed by atoms with van der Waals surface area (Å²) in [7, 11) is 0. The lowest BCUT2D eigenvalue weighted by Crippen LogP contribution is -2.35. The first-order valence-corrected chi connectivity index (χ1v) is 11.7. The van der Waals surface area contributed by atoms with Crippen molar-refractivity contribution in [2.75, 3.05) is 47.9 Å². The van der Waals surface area contributed by atoms with E-state index in [4.69, 9.17) is 9.97 Å². The summed E-state index contributed by atoms with van der Waals surface area (Å²) in [5.41, 5.74) is 1.04. The number of hydrogen-bond acceptors (Lipinski definition) is 8. The number of aliphatic hydroxyl groups excluding tert-OH is 1. The molecular weight excluding hydrogens is 404 g/mol. The molecule has 2 aliphatic heterocycles. The highest BCUT2D eigenvalue weighted by Gasteiger charge is 2.23. The molecule has 2 N–H and O–H groups in total. The number of nitrogens with one attached hydrogen (secondary N) is 1. The molecule has 5 rings (SSSR count). The maximum absolute atomic E-state index is 9.48. The fourth-order valence-electron chi connectivity index (χ4n) is 4.63. The van der Waals surface area contributed by atoms with Crippen molar-refractivity contribution in [1.29, 1.82) is 0 Å². The van der Waals surface area contributed by atoms with Crippen LogP contribution in [0.15, 0.2) is 24.5 Å². The van der Waals surface area contributed by atoms with Gasteiger partial charge in [-0.1, -0.05) is 0 Å². The molecule has 0 amide bonds. The molecule has 0 radical (unpaired) electrons. The van der Waals surface area contributed by atoms with Crippen LogP contribution in [0.3, 0.4) is 0 Å². The first kappa shape index (κ1) is 20.9. The second kappa shape index (κ2) is 8.90. The number of anilines is 4. The standard InChI is InChI=1S/C23H32N8O/c1-16(2)31-19-11-20(24-13-18(19)14-25-31)26-23-27-21(29-7-3-4-8-29)12-22(28-23)30-9-5-17(15-32)6-10-30/h11-14,16-17,32H,3-10,15H2,1-2H3,(H,24,26,27,28). The SMILES string of the molecule is CC(C)n1ncc2cnc(Nc3nc(N4CCCC4)cc(N4CCC(CO)CC4)n3)cc21. The molecule has 2 saturated heterocycles. The highest BCUT2D eigenvalue weighted by Crippen LogP contribution is 2.29. The number of pyridine rings is 1.